The van der Waals surface area contributed by atoms with Gasteiger partial charge in [0.15, 0.2) is 5.75 Å². The molecule has 1 heterocycles. The van der Waals surface area contributed by atoms with E-state index in [1.165, 1.54) is 5.56 Å². The van der Waals surface area contributed by atoms with Crippen LogP contribution >= 0.6 is 23.2 Å². The standard InChI is InChI=1S/C16H15Cl2NO2/c17-13-7-11(19)8-14(18)16(13)21-9-15-12-4-2-1-3-10(12)5-6-20-15/h1-4,7-8,15H,5-6,9,19H2. The number of hydrogen-bond acceptors (Lipinski definition) is 3. The van der Waals surface area contributed by atoms with E-state index in [-0.39, 0.29) is 6.10 Å². The number of fused-ring (bicyclic) bond motifs is 1. The molecule has 2 N–H and O–H groups in total. The van der Waals surface area contributed by atoms with Gasteiger partial charge >= 0.3 is 0 Å². The highest BCUT2D eigenvalue weighted by molar-refractivity contribution is 6.37. The van der Waals surface area contributed by atoms with Gasteiger partial charge in [0, 0.05) is 5.69 Å². The summed E-state index contributed by atoms with van der Waals surface area (Å²) < 4.78 is 11.6. The van der Waals surface area contributed by atoms with Gasteiger partial charge in [-0.1, -0.05) is 47.5 Å². The van der Waals surface area contributed by atoms with Crippen LogP contribution in [0.3, 0.4) is 0 Å². The summed E-state index contributed by atoms with van der Waals surface area (Å²) in [6.07, 6.45) is 0.815. The van der Waals surface area contributed by atoms with Gasteiger partial charge in [0.25, 0.3) is 0 Å². The fourth-order valence-corrected chi connectivity index (χ4v) is 3.10. The summed E-state index contributed by atoms with van der Waals surface area (Å²) in [5.41, 5.74) is 8.65. The first kappa shape index (κ1) is 14.5. The second-order valence-electron chi connectivity index (χ2n) is 4.93. The van der Waals surface area contributed by atoms with Crippen molar-refractivity contribution in [1.29, 1.82) is 0 Å². The Bertz CT molecular complexity index is 637. The van der Waals surface area contributed by atoms with Crippen LogP contribution in [0.25, 0.3) is 0 Å². The Hall–Kier alpha value is -1.42. The lowest BCUT2D eigenvalue weighted by atomic mass is 9.98. The largest absolute Gasteiger partial charge is 0.487 e. The molecular weight excluding hydrogens is 309 g/mol. The molecular formula is C16H15Cl2NO2. The van der Waals surface area contributed by atoms with Crippen molar-refractivity contribution in [3.63, 3.8) is 0 Å². The molecule has 0 aliphatic carbocycles. The summed E-state index contributed by atoms with van der Waals surface area (Å²) in [5, 5.41) is 0.813. The summed E-state index contributed by atoms with van der Waals surface area (Å²) in [7, 11) is 0. The first-order valence-corrected chi connectivity index (χ1v) is 7.47. The van der Waals surface area contributed by atoms with Crippen molar-refractivity contribution in [2.75, 3.05) is 18.9 Å². The fourth-order valence-electron chi connectivity index (χ4n) is 2.49. The highest BCUT2D eigenvalue weighted by Crippen LogP contribution is 2.36. The van der Waals surface area contributed by atoms with Crippen LogP contribution in [0, 0.1) is 0 Å². The number of anilines is 1. The molecule has 3 nitrogen and oxygen atoms in total. The van der Waals surface area contributed by atoms with Gasteiger partial charge in [-0.2, -0.15) is 0 Å². The lowest BCUT2D eigenvalue weighted by Gasteiger charge is -2.26. The molecule has 0 aromatic heterocycles. The predicted octanol–water partition coefficient (Wildman–Crippen LogP) is 4.27. The average Bonchev–Trinajstić information content (AvgIpc) is 2.46. The zero-order chi connectivity index (χ0) is 14.8. The zero-order valence-electron chi connectivity index (χ0n) is 11.3. The fraction of sp³-hybridized carbons (Fsp3) is 0.250. The minimum atomic E-state index is -0.111. The van der Waals surface area contributed by atoms with Crippen LogP contribution < -0.4 is 10.5 Å². The Labute approximate surface area is 133 Å². The molecule has 3 rings (SSSR count). The maximum absolute atomic E-state index is 6.12. The van der Waals surface area contributed by atoms with Crippen molar-refractivity contribution < 1.29 is 9.47 Å². The van der Waals surface area contributed by atoms with E-state index in [0.717, 1.165) is 12.0 Å². The molecule has 2 aromatic rings. The van der Waals surface area contributed by atoms with Gasteiger partial charge in [0.2, 0.25) is 0 Å². The topological polar surface area (TPSA) is 44.5 Å². The van der Waals surface area contributed by atoms with Gasteiger partial charge < -0.3 is 15.2 Å². The Kier molecular flexibility index (Phi) is 4.24. The van der Waals surface area contributed by atoms with E-state index in [0.29, 0.717) is 34.7 Å². The van der Waals surface area contributed by atoms with E-state index in [1.807, 2.05) is 12.1 Å². The monoisotopic (exact) mass is 323 g/mol. The van der Waals surface area contributed by atoms with Gasteiger partial charge in [0.05, 0.1) is 16.7 Å². The Balaban J connectivity index is 1.78. The molecule has 2 aromatic carbocycles. The Morgan fingerprint density at radius 3 is 2.67 bits per heavy atom. The van der Waals surface area contributed by atoms with E-state index in [2.05, 4.69) is 12.1 Å². The van der Waals surface area contributed by atoms with Gasteiger partial charge in [0.1, 0.15) is 12.7 Å². The normalized spacial score (nSPS) is 17.3. The van der Waals surface area contributed by atoms with Crippen molar-refractivity contribution in [3.8, 4) is 5.75 Å². The van der Waals surface area contributed by atoms with Crippen LogP contribution in [-0.2, 0) is 11.2 Å². The molecule has 110 valence electrons. The summed E-state index contributed by atoms with van der Waals surface area (Å²) in [4.78, 5) is 0. The third kappa shape index (κ3) is 3.10. The maximum Gasteiger partial charge on any atom is 0.156 e. The lowest BCUT2D eigenvalue weighted by Crippen LogP contribution is -2.21. The Morgan fingerprint density at radius 1 is 1.19 bits per heavy atom. The molecule has 0 radical (unpaired) electrons. The highest BCUT2D eigenvalue weighted by Gasteiger charge is 2.22. The van der Waals surface area contributed by atoms with E-state index in [1.54, 1.807) is 12.1 Å². The van der Waals surface area contributed by atoms with Crippen LogP contribution in [-0.4, -0.2) is 13.2 Å². The van der Waals surface area contributed by atoms with E-state index in [9.17, 15) is 0 Å². The first-order chi connectivity index (χ1) is 10.1. The molecule has 1 aliphatic rings. The third-order valence-corrected chi connectivity index (χ3v) is 4.05. The number of rotatable bonds is 3. The van der Waals surface area contributed by atoms with Crippen LogP contribution in [0.5, 0.6) is 5.75 Å². The van der Waals surface area contributed by atoms with Crippen molar-refractivity contribution in [2.45, 2.75) is 12.5 Å². The average molecular weight is 324 g/mol. The third-order valence-electron chi connectivity index (χ3n) is 3.49. The molecule has 0 saturated carbocycles. The molecule has 0 fully saturated rings. The second-order valence-corrected chi connectivity index (χ2v) is 5.75. The van der Waals surface area contributed by atoms with Crippen molar-refractivity contribution >= 4 is 28.9 Å². The second kappa shape index (κ2) is 6.14. The molecule has 1 unspecified atom stereocenters. The molecule has 0 saturated heterocycles. The number of nitrogens with two attached hydrogens (primary N) is 1. The molecule has 1 aliphatic heterocycles. The number of benzene rings is 2. The first-order valence-electron chi connectivity index (χ1n) is 6.72. The quantitative estimate of drug-likeness (QED) is 0.858. The SMILES string of the molecule is Nc1cc(Cl)c(OCC2OCCc3ccccc32)c(Cl)c1. The van der Waals surface area contributed by atoms with Gasteiger partial charge in [-0.05, 0) is 29.7 Å². The van der Waals surface area contributed by atoms with Crippen molar-refractivity contribution in [2.24, 2.45) is 0 Å². The summed E-state index contributed by atoms with van der Waals surface area (Å²) in [6.45, 7) is 1.05. The molecule has 21 heavy (non-hydrogen) atoms. The Morgan fingerprint density at radius 2 is 1.90 bits per heavy atom. The van der Waals surface area contributed by atoms with Gasteiger partial charge in [-0.25, -0.2) is 0 Å². The zero-order valence-corrected chi connectivity index (χ0v) is 12.8. The number of ether oxygens (including phenoxy) is 2. The number of hydrogen-bond donors (Lipinski definition) is 1. The molecule has 0 amide bonds. The predicted molar refractivity (Wildman–Crippen MR) is 85.2 cm³/mol. The molecule has 0 bridgehead atoms. The van der Waals surface area contributed by atoms with Crippen LogP contribution in [0.2, 0.25) is 10.0 Å². The molecule has 0 spiro atoms. The minimum Gasteiger partial charge on any atom is -0.487 e. The maximum atomic E-state index is 6.12. The molecule has 1 atom stereocenters. The van der Waals surface area contributed by atoms with Crippen LogP contribution in [0.1, 0.15) is 17.2 Å². The number of halogens is 2. The van der Waals surface area contributed by atoms with Gasteiger partial charge in [-0.3, -0.25) is 0 Å². The van der Waals surface area contributed by atoms with Crippen molar-refractivity contribution in [1.82, 2.24) is 0 Å². The number of nitrogen functional groups attached to an aromatic ring is 1. The summed E-state index contributed by atoms with van der Waals surface area (Å²) >= 11 is 12.2. The van der Waals surface area contributed by atoms with Crippen LogP contribution in [0.4, 0.5) is 5.69 Å². The van der Waals surface area contributed by atoms with Crippen molar-refractivity contribution in [3.05, 3.63) is 57.6 Å². The van der Waals surface area contributed by atoms with E-state index >= 15 is 0 Å². The molecule has 5 heteroatoms. The van der Waals surface area contributed by atoms with Crippen LogP contribution in [0.15, 0.2) is 36.4 Å². The summed E-state index contributed by atoms with van der Waals surface area (Å²) in [5.74, 6) is 0.444. The summed E-state index contributed by atoms with van der Waals surface area (Å²) in [6, 6.07) is 11.5. The van der Waals surface area contributed by atoms with E-state index in [4.69, 9.17) is 38.4 Å². The lowest BCUT2D eigenvalue weighted by molar-refractivity contribution is 0.0103. The minimum absolute atomic E-state index is 0.111. The van der Waals surface area contributed by atoms with Gasteiger partial charge in [-0.15, -0.1) is 0 Å². The highest BCUT2D eigenvalue weighted by atomic mass is 35.5. The smallest absolute Gasteiger partial charge is 0.156 e. The van der Waals surface area contributed by atoms with E-state index < -0.39 is 0 Å².